The Balaban J connectivity index is 2.36. The Kier molecular flexibility index (Phi) is 5.49. The Morgan fingerprint density at radius 2 is 2.31 bits per heavy atom. The van der Waals surface area contributed by atoms with Crippen LogP contribution in [-0.4, -0.2) is 26.2 Å². The fourth-order valence-electron chi connectivity index (χ4n) is 1.53. The van der Waals surface area contributed by atoms with E-state index in [1.165, 1.54) is 9.75 Å². The third kappa shape index (κ3) is 4.33. The van der Waals surface area contributed by atoms with Crippen molar-refractivity contribution in [2.75, 3.05) is 14.2 Å². The maximum absolute atomic E-state index is 11.2. The van der Waals surface area contributed by atoms with E-state index in [0.717, 1.165) is 12.8 Å². The molecule has 0 fully saturated rings. The highest BCUT2D eigenvalue weighted by Crippen LogP contribution is 2.18. The highest BCUT2D eigenvalue weighted by Gasteiger charge is 2.12. The van der Waals surface area contributed by atoms with E-state index in [1.54, 1.807) is 14.2 Å². The summed E-state index contributed by atoms with van der Waals surface area (Å²) in [6.45, 7) is 2.10. The van der Waals surface area contributed by atoms with Gasteiger partial charge in [0.15, 0.2) is 0 Å². The van der Waals surface area contributed by atoms with E-state index in [1.807, 2.05) is 11.3 Å². The molecule has 1 rings (SSSR count). The van der Waals surface area contributed by atoms with E-state index in [-0.39, 0.29) is 12.0 Å². The third-order valence-corrected chi connectivity index (χ3v) is 3.59. The molecule has 0 aromatic carbocycles. The average Bonchev–Trinajstić information content (AvgIpc) is 2.69. The zero-order chi connectivity index (χ0) is 12.0. The van der Waals surface area contributed by atoms with Gasteiger partial charge in [-0.3, -0.25) is 4.79 Å². The molecule has 1 N–H and O–H groups in total. The molecule has 1 atom stereocenters. The van der Waals surface area contributed by atoms with Crippen LogP contribution >= 0.6 is 11.3 Å². The SMILES string of the molecule is CNC(=O)CC(CCc1ccc(C)s1)OC. The van der Waals surface area contributed by atoms with Gasteiger partial charge in [-0.25, -0.2) is 0 Å². The molecule has 0 radical (unpaired) electrons. The highest BCUT2D eigenvalue weighted by atomic mass is 32.1. The average molecular weight is 241 g/mol. The Hall–Kier alpha value is -0.870. The quantitative estimate of drug-likeness (QED) is 0.828. The summed E-state index contributed by atoms with van der Waals surface area (Å²) in [6, 6.07) is 4.27. The van der Waals surface area contributed by atoms with E-state index in [9.17, 15) is 4.79 Å². The van der Waals surface area contributed by atoms with Crippen LogP contribution in [0.1, 0.15) is 22.6 Å². The lowest BCUT2D eigenvalue weighted by molar-refractivity contribution is -0.123. The van der Waals surface area contributed by atoms with Crippen molar-refractivity contribution in [2.45, 2.75) is 32.3 Å². The molecule has 0 bridgehead atoms. The van der Waals surface area contributed by atoms with Crippen LogP contribution in [-0.2, 0) is 16.0 Å². The number of rotatable bonds is 6. The number of amides is 1. The number of aryl methyl sites for hydroxylation is 2. The first-order valence-electron chi connectivity index (χ1n) is 5.44. The van der Waals surface area contributed by atoms with Crippen molar-refractivity contribution in [1.29, 1.82) is 0 Å². The van der Waals surface area contributed by atoms with Crippen molar-refractivity contribution < 1.29 is 9.53 Å². The first-order valence-corrected chi connectivity index (χ1v) is 6.26. The molecule has 1 unspecified atom stereocenters. The van der Waals surface area contributed by atoms with Crippen LogP contribution in [0.3, 0.4) is 0 Å². The summed E-state index contributed by atoms with van der Waals surface area (Å²) in [5.41, 5.74) is 0. The summed E-state index contributed by atoms with van der Waals surface area (Å²) in [4.78, 5) is 13.9. The van der Waals surface area contributed by atoms with Gasteiger partial charge in [0.25, 0.3) is 0 Å². The molecule has 1 amide bonds. The van der Waals surface area contributed by atoms with E-state index in [0.29, 0.717) is 6.42 Å². The molecule has 4 heteroatoms. The maximum atomic E-state index is 11.2. The monoisotopic (exact) mass is 241 g/mol. The summed E-state index contributed by atoms with van der Waals surface area (Å²) in [7, 11) is 3.31. The smallest absolute Gasteiger partial charge is 0.222 e. The number of thiophene rings is 1. The standard InChI is InChI=1S/C12H19NO2S/c1-9-4-6-11(16-9)7-5-10(15-3)8-12(14)13-2/h4,6,10H,5,7-8H2,1-3H3,(H,13,14). The van der Waals surface area contributed by atoms with Gasteiger partial charge < -0.3 is 10.1 Å². The van der Waals surface area contributed by atoms with Gasteiger partial charge in [0, 0.05) is 23.9 Å². The van der Waals surface area contributed by atoms with Crippen molar-refractivity contribution in [3.63, 3.8) is 0 Å². The molecule has 0 saturated heterocycles. The van der Waals surface area contributed by atoms with E-state index >= 15 is 0 Å². The topological polar surface area (TPSA) is 38.3 Å². The third-order valence-electron chi connectivity index (χ3n) is 2.53. The second kappa shape index (κ2) is 6.66. The van der Waals surface area contributed by atoms with Gasteiger partial charge in [-0.05, 0) is 31.9 Å². The van der Waals surface area contributed by atoms with Gasteiger partial charge in [-0.15, -0.1) is 11.3 Å². The molecule has 90 valence electrons. The minimum absolute atomic E-state index is 0.0161. The van der Waals surface area contributed by atoms with Crippen LogP contribution in [0.2, 0.25) is 0 Å². The second-order valence-electron chi connectivity index (χ2n) is 3.79. The Labute approximate surface area is 101 Å². The van der Waals surface area contributed by atoms with Crippen molar-refractivity contribution in [3.8, 4) is 0 Å². The molecule has 0 saturated carbocycles. The molecule has 16 heavy (non-hydrogen) atoms. The molecular weight excluding hydrogens is 222 g/mol. The molecular formula is C12H19NO2S. The number of hydrogen-bond acceptors (Lipinski definition) is 3. The van der Waals surface area contributed by atoms with Crippen LogP contribution in [0, 0.1) is 6.92 Å². The largest absolute Gasteiger partial charge is 0.381 e. The fraction of sp³-hybridized carbons (Fsp3) is 0.583. The van der Waals surface area contributed by atoms with Gasteiger partial charge in [0.05, 0.1) is 12.5 Å². The Bertz CT molecular complexity index is 336. The summed E-state index contributed by atoms with van der Waals surface area (Å²) >= 11 is 1.81. The van der Waals surface area contributed by atoms with E-state index < -0.39 is 0 Å². The van der Waals surface area contributed by atoms with Crippen LogP contribution in [0.15, 0.2) is 12.1 Å². The predicted octanol–water partition coefficient (Wildman–Crippen LogP) is 2.14. The summed E-state index contributed by atoms with van der Waals surface area (Å²) < 4.78 is 5.30. The lowest BCUT2D eigenvalue weighted by Crippen LogP contribution is -2.25. The zero-order valence-electron chi connectivity index (χ0n) is 10.1. The summed E-state index contributed by atoms with van der Waals surface area (Å²) in [5.74, 6) is 0.0363. The Morgan fingerprint density at radius 1 is 1.56 bits per heavy atom. The minimum Gasteiger partial charge on any atom is -0.381 e. The van der Waals surface area contributed by atoms with Crippen molar-refractivity contribution in [1.82, 2.24) is 5.32 Å². The summed E-state index contributed by atoms with van der Waals surface area (Å²) in [5, 5.41) is 2.62. The normalized spacial score (nSPS) is 12.4. The lowest BCUT2D eigenvalue weighted by Gasteiger charge is -2.13. The number of methoxy groups -OCH3 is 1. The number of carbonyl (C=O) groups is 1. The number of carbonyl (C=O) groups excluding carboxylic acids is 1. The fourth-order valence-corrected chi connectivity index (χ4v) is 2.44. The molecule has 0 spiro atoms. The van der Waals surface area contributed by atoms with Crippen LogP contribution in [0.5, 0.6) is 0 Å². The maximum Gasteiger partial charge on any atom is 0.222 e. The Morgan fingerprint density at radius 3 is 2.81 bits per heavy atom. The van der Waals surface area contributed by atoms with E-state index in [2.05, 4.69) is 24.4 Å². The van der Waals surface area contributed by atoms with Gasteiger partial charge >= 0.3 is 0 Å². The highest BCUT2D eigenvalue weighted by molar-refractivity contribution is 7.11. The van der Waals surface area contributed by atoms with Gasteiger partial charge in [0.2, 0.25) is 5.91 Å². The van der Waals surface area contributed by atoms with Gasteiger partial charge in [-0.1, -0.05) is 0 Å². The van der Waals surface area contributed by atoms with Gasteiger partial charge in [0.1, 0.15) is 0 Å². The molecule has 3 nitrogen and oxygen atoms in total. The van der Waals surface area contributed by atoms with Crippen LogP contribution in [0.25, 0.3) is 0 Å². The molecule has 1 heterocycles. The summed E-state index contributed by atoms with van der Waals surface area (Å²) in [6.07, 6.45) is 2.33. The molecule has 0 aliphatic carbocycles. The predicted molar refractivity (Wildman–Crippen MR) is 66.9 cm³/mol. The van der Waals surface area contributed by atoms with Crippen molar-refractivity contribution in [2.24, 2.45) is 0 Å². The number of hydrogen-bond donors (Lipinski definition) is 1. The van der Waals surface area contributed by atoms with E-state index in [4.69, 9.17) is 4.74 Å². The lowest BCUT2D eigenvalue weighted by atomic mass is 10.1. The first-order chi connectivity index (χ1) is 7.65. The molecule has 0 aliphatic rings. The minimum atomic E-state index is 0.0161. The molecule has 1 aromatic heterocycles. The van der Waals surface area contributed by atoms with Crippen molar-refractivity contribution in [3.05, 3.63) is 21.9 Å². The van der Waals surface area contributed by atoms with Gasteiger partial charge in [-0.2, -0.15) is 0 Å². The van der Waals surface area contributed by atoms with Crippen molar-refractivity contribution >= 4 is 17.2 Å². The van der Waals surface area contributed by atoms with Crippen LogP contribution in [0.4, 0.5) is 0 Å². The second-order valence-corrected chi connectivity index (χ2v) is 5.16. The first kappa shape index (κ1) is 13.2. The number of ether oxygens (including phenoxy) is 1. The van der Waals surface area contributed by atoms with Crippen LogP contribution < -0.4 is 5.32 Å². The molecule has 0 aliphatic heterocycles. The molecule has 1 aromatic rings. The zero-order valence-corrected chi connectivity index (χ0v) is 10.9. The number of nitrogens with one attached hydrogen (secondary N) is 1.